The average Bonchev–Trinajstić information content (AvgIpc) is 2.26. The first kappa shape index (κ1) is 15.0. The van der Waals surface area contributed by atoms with E-state index in [0.29, 0.717) is 30.8 Å². The van der Waals surface area contributed by atoms with Crippen LogP contribution < -0.4 is 16.4 Å². The highest BCUT2D eigenvalue weighted by Gasteiger charge is 2.09. The molecule has 0 aromatic carbocycles. The molecule has 0 rings (SSSR count). The van der Waals surface area contributed by atoms with Crippen molar-refractivity contribution in [1.29, 1.82) is 0 Å². The SMILES string of the molecule is C=C(C)C(=O)NCCCNC(=O)C(N)CS. The molecule has 6 heteroatoms. The van der Waals surface area contributed by atoms with Crippen LogP contribution in [0.15, 0.2) is 12.2 Å². The zero-order chi connectivity index (χ0) is 12.6. The van der Waals surface area contributed by atoms with Crippen LogP contribution in [0.2, 0.25) is 0 Å². The third-order valence-electron chi connectivity index (χ3n) is 1.86. The molecule has 92 valence electrons. The molecule has 0 aromatic heterocycles. The average molecular weight is 245 g/mol. The van der Waals surface area contributed by atoms with E-state index in [2.05, 4.69) is 29.8 Å². The lowest BCUT2D eigenvalue weighted by molar-refractivity contribution is -0.121. The topological polar surface area (TPSA) is 84.2 Å². The summed E-state index contributed by atoms with van der Waals surface area (Å²) in [5.41, 5.74) is 5.92. The second-order valence-electron chi connectivity index (χ2n) is 3.47. The summed E-state index contributed by atoms with van der Waals surface area (Å²) in [7, 11) is 0. The van der Waals surface area contributed by atoms with Crippen molar-refractivity contribution < 1.29 is 9.59 Å². The molecule has 5 nitrogen and oxygen atoms in total. The minimum atomic E-state index is -0.576. The Hall–Kier alpha value is -1.01. The van der Waals surface area contributed by atoms with Crippen LogP contribution in [0.25, 0.3) is 0 Å². The molecule has 16 heavy (non-hydrogen) atoms. The van der Waals surface area contributed by atoms with Crippen molar-refractivity contribution >= 4 is 24.4 Å². The first-order valence-corrected chi connectivity index (χ1v) is 5.70. The molecule has 0 aliphatic heterocycles. The van der Waals surface area contributed by atoms with Crippen molar-refractivity contribution in [3.63, 3.8) is 0 Å². The Morgan fingerprint density at radius 2 is 1.94 bits per heavy atom. The summed E-state index contributed by atoms with van der Waals surface area (Å²) in [6.45, 7) is 6.14. The maximum Gasteiger partial charge on any atom is 0.246 e. The van der Waals surface area contributed by atoms with Crippen molar-refractivity contribution in [2.24, 2.45) is 5.73 Å². The van der Waals surface area contributed by atoms with Crippen molar-refractivity contribution in [1.82, 2.24) is 10.6 Å². The van der Waals surface area contributed by atoms with E-state index in [1.807, 2.05) is 0 Å². The molecular weight excluding hydrogens is 226 g/mol. The summed E-state index contributed by atoms with van der Waals surface area (Å²) in [5, 5.41) is 5.31. The van der Waals surface area contributed by atoms with Crippen LogP contribution in [0.3, 0.4) is 0 Å². The Bertz CT molecular complexity index is 269. The molecule has 0 aliphatic rings. The van der Waals surface area contributed by atoms with Gasteiger partial charge < -0.3 is 16.4 Å². The first-order valence-electron chi connectivity index (χ1n) is 5.07. The van der Waals surface area contributed by atoms with Gasteiger partial charge in [-0.15, -0.1) is 0 Å². The van der Waals surface area contributed by atoms with E-state index in [9.17, 15) is 9.59 Å². The number of nitrogens with one attached hydrogen (secondary N) is 2. The molecular formula is C10H19N3O2S. The van der Waals surface area contributed by atoms with Crippen molar-refractivity contribution in [3.05, 3.63) is 12.2 Å². The van der Waals surface area contributed by atoms with E-state index in [1.165, 1.54) is 0 Å². The van der Waals surface area contributed by atoms with Gasteiger partial charge in [0.25, 0.3) is 0 Å². The molecule has 0 radical (unpaired) electrons. The first-order chi connectivity index (χ1) is 7.49. The monoisotopic (exact) mass is 245 g/mol. The third-order valence-corrected chi connectivity index (χ3v) is 2.25. The van der Waals surface area contributed by atoms with E-state index in [1.54, 1.807) is 6.92 Å². The van der Waals surface area contributed by atoms with Gasteiger partial charge in [-0.1, -0.05) is 6.58 Å². The molecule has 0 aliphatic carbocycles. The molecule has 0 aromatic rings. The number of nitrogens with two attached hydrogens (primary N) is 1. The highest BCUT2D eigenvalue weighted by Crippen LogP contribution is 1.86. The Balaban J connectivity index is 3.51. The summed E-state index contributed by atoms with van der Waals surface area (Å²) in [6, 6.07) is -0.576. The van der Waals surface area contributed by atoms with Crippen molar-refractivity contribution in [3.8, 4) is 0 Å². The predicted octanol–water partition coefficient (Wildman–Crippen LogP) is -0.558. The summed E-state index contributed by atoms with van der Waals surface area (Å²) >= 11 is 3.92. The molecule has 0 spiro atoms. The van der Waals surface area contributed by atoms with Gasteiger partial charge in [-0.2, -0.15) is 12.6 Å². The van der Waals surface area contributed by atoms with Crippen molar-refractivity contribution in [2.45, 2.75) is 19.4 Å². The molecule has 1 unspecified atom stereocenters. The van der Waals surface area contributed by atoms with Gasteiger partial charge in [0.15, 0.2) is 0 Å². The van der Waals surface area contributed by atoms with E-state index >= 15 is 0 Å². The summed E-state index contributed by atoms with van der Waals surface area (Å²) in [5.74, 6) is -0.0716. The lowest BCUT2D eigenvalue weighted by Gasteiger charge is -2.09. The van der Waals surface area contributed by atoms with Gasteiger partial charge in [-0.05, 0) is 13.3 Å². The van der Waals surface area contributed by atoms with Gasteiger partial charge in [-0.3, -0.25) is 9.59 Å². The molecule has 0 fully saturated rings. The molecule has 1 atom stereocenters. The lowest BCUT2D eigenvalue weighted by atomic mass is 10.3. The van der Waals surface area contributed by atoms with Crippen LogP contribution in [-0.2, 0) is 9.59 Å². The molecule has 0 saturated carbocycles. The second kappa shape index (κ2) is 8.18. The second-order valence-corrected chi connectivity index (χ2v) is 3.84. The molecule has 0 saturated heterocycles. The van der Waals surface area contributed by atoms with Gasteiger partial charge >= 0.3 is 0 Å². The minimum absolute atomic E-state index is 0.168. The van der Waals surface area contributed by atoms with Gasteiger partial charge in [0.05, 0.1) is 6.04 Å². The van der Waals surface area contributed by atoms with Gasteiger partial charge in [0.2, 0.25) is 11.8 Å². The van der Waals surface area contributed by atoms with Crippen LogP contribution in [-0.4, -0.2) is 36.7 Å². The normalized spacial score (nSPS) is 11.7. The standard InChI is InChI=1S/C10H19N3O2S/c1-7(2)9(14)12-4-3-5-13-10(15)8(11)6-16/h8,16H,1,3-6,11H2,2H3,(H,12,14)(H,13,15). The van der Waals surface area contributed by atoms with Crippen LogP contribution >= 0.6 is 12.6 Å². The molecule has 0 heterocycles. The quantitative estimate of drug-likeness (QED) is 0.276. The van der Waals surface area contributed by atoms with E-state index < -0.39 is 6.04 Å². The fraction of sp³-hybridized carbons (Fsp3) is 0.600. The van der Waals surface area contributed by atoms with Gasteiger partial charge in [0, 0.05) is 24.4 Å². The molecule has 4 N–H and O–H groups in total. The van der Waals surface area contributed by atoms with Crippen LogP contribution in [0.1, 0.15) is 13.3 Å². The van der Waals surface area contributed by atoms with E-state index in [0.717, 1.165) is 0 Å². The number of carbonyl (C=O) groups excluding carboxylic acids is 2. The fourth-order valence-electron chi connectivity index (χ4n) is 0.867. The predicted molar refractivity (Wildman–Crippen MR) is 67.3 cm³/mol. The number of amides is 2. The smallest absolute Gasteiger partial charge is 0.246 e. The summed E-state index contributed by atoms with van der Waals surface area (Å²) < 4.78 is 0. The van der Waals surface area contributed by atoms with Gasteiger partial charge in [-0.25, -0.2) is 0 Å². The lowest BCUT2D eigenvalue weighted by Crippen LogP contribution is -2.42. The number of thiol groups is 1. The number of carbonyl (C=O) groups is 2. The Kier molecular flexibility index (Phi) is 7.66. The highest BCUT2D eigenvalue weighted by atomic mass is 32.1. The summed E-state index contributed by atoms with van der Waals surface area (Å²) in [6.07, 6.45) is 0.657. The Morgan fingerprint density at radius 3 is 2.44 bits per heavy atom. The zero-order valence-electron chi connectivity index (χ0n) is 9.45. The zero-order valence-corrected chi connectivity index (χ0v) is 10.3. The highest BCUT2D eigenvalue weighted by molar-refractivity contribution is 7.80. The van der Waals surface area contributed by atoms with Crippen LogP contribution in [0.5, 0.6) is 0 Å². The minimum Gasteiger partial charge on any atom is -0.355 e. The Labute approximate surface area is 101 Å². The number of rotatable bonds is 7. The van der Waals surface area contributed by atoms with Crippen LogP contribution in [0, 0.1) is 0 Å². The van der Waals surface area contributed by atoms with E-state index in [4.69, 9.17) is 5.73 Å². The fourth-order valence-corrected chi connectivity index (χ4v) is 1.03. The largest absolute Gasteiger partial charge is 0.355 e. The maximum absolute atomic E-state index is 11.2. The van der Waals surface area contributed by atoms with Crippen molar-refractivity contribution in [2.75, 3.05) is 18.8 Å². The molecule has 0 bridgehead atoms. The number of hydrogen-bond donors (Lipinski definition) is 4. The van der Waals surface area contributed by atoms with E-state index in [-0.39, 0.29) is 11.8 Å². The summed E-state index contributed by atoms with van der Waals surface area (Å²) in [4.78, 5) is 22.3. The van der Waals surface area contributed by atoms with Crippen LogP contribution in [0.4, 0.5) is 0 Å². The number of hydrogen-bond acceptors (Lipinski definition) is 4. The third kappa shape index (κ3) is 6.47. The van der Waals surface area contributed by atoms with Gasteiger partial charge in [0.1, 0.15) is 0 Å². The Morgan fingerprint density at radius 1 is 1.38 bits per heavy atom. The molecule has 2 amide bonds. The maximum atomic E-state index is 11.2.